The predicted molar refractivity (Wildman–Crippen MR) is 166 cm³/mol. The molecular weight excluding hydrogens is 619 g/mol. The molecule has 0 spiro atoms. The number of nitrogens with zero attached hydrogens (tertiary/aromatic N) is 1. The van der Waals surface area contributed by atoms with E-state index in [1.807, 2.05) is 31.2 Å². The van der Waals surface area contributed by atoms with E-state index in [-0.39, 0.29) is 47.3 Å². The van der Waals surface area contributed by atoms with Gasteiger partial charge in [-0.15, -0.1) is 11.3 Å². The number of fused-ring (bicyclic) bond motifs is 1. The van der Waals surface area contributed by atoms with E-state index in [4.69, 9.17) is 33.0 Å². The van der Waals surface area contributed by atoms with Gasteiger partial charge in [-0.3, -0.25) is 9.59 Å². The van der Waals surface area contributed by atoms with Crippen LogP contribution in [-0.2, 0) is 27.8 Å². The molecule has 4 rings (SSSR count). The molecule has 1 heterocycles. The lowest BCUT2D eigenvalue weighted by molar-refractivity contribution is -0.136. The average Bonchev–Trinajstić information content (AvgIpc) is 3.31. The number of benzene rings is 3. The molecule has 0 fully saturated rings. The number of sulfonamides is 1. The third-order valence-electron chi connectivity index (χ3n) is 6.57. The van der Waals surface area contributed by atoms with Crippen LogP contribution in [0, 0.1) is 0 Å². The number of rotatable bonds is 14. The van der Waals surface area contributed by atoms with Crippen LogP contribution < -0.4 is 10.1 Å². The molecule has 0 bridgehead atoms. The second kappa shape index (κ2) is 14.3. The Balaban J connectivity index is 1.46. The Labute approximate surface area is 258 Å². The summed E-state index contributed by atoms with van der Waals surface area (Å²) in [6.07, 6.45) is 0.820. The Morgan fingerprint density at radius 2 is 1.74 bits per heavy atom. The summed E-state index contributed by atoms with van der Waals surface area (Å²) in [6.45, 7) is 2.58. The first-order valence-corrected chi connectivity index (χ1v) is 16.3. The van der Waals surface area contributed by atoms with Gasteiger partial charge in [0.2, 0.25) is 10.0 Å². The molecule has 0 saturated carbocycles. The lowest BCUT2D eigenvalue weighted by Crippen LogP contribution is -2.35. The summed E-state index contributed by atoms with van der Waals surface area (Å²) in [4.78, 5) is 24.1. The van der Waals surface area contributed by atoms with Crippen LogP contribution in [0.25, 0.3) is 10.8 Å². The fourth-order valence-corrected chi connectivity index (χ4v) is 7.46. The van der Waals surface area contributed by atoms with Gasteiger partial charge in [-0.25, -0.2) is 8.42 Å². The van der Waals surface area contributed by atoms with Crippen molar-refractivity contribution in [3.63, 3.8) is 0 Å². The van der Waals surface area contributed by atoms with Crippen LogP contribution >= 0.6 is 34.5 Å². The molecule has 0 aliphatic heterocycles. The summed E-state index contributed by atoms with van der Waals surface area (Å²) >= 11 is 13.2. The van der Waals surface area contributed by atoms with Gasteiger partial charge in [0.15, 0.2) is 0 Å². The van der Waals surface area contributed by atoms with E-state index < -0.39 is 21.9 Å². The Bertz CT molecular complexity index is 1690. The van der Waals surface area contributed by atoms with Crippen LogP contribution in [-0.4, -0.2) is 49.4 Å². The number of carboxylic acids is 1. The standard InChI is InChI=1S/C30H30Cl2N2O6S2/c1-2-13-34(42(38,39)25-11-8-20-5-3-4-6-22(20)17-25)14-15-40-24-10-7-21(9-12-28(35)36)23(16-24)19-33-30(37)26-18-27(31)41-29(26)32/h3-8,10-11,16-18H,2,9,12-15,19H2,1H3,(H,33,37)(H,35,36). The van der Waals surface area contributed by atoms with E-state index in [2.05, 4.69) is 5.32 Å². The maximum atomic E-state index is 13.5. The Morgan fingerprint density at radius 3 is 2.43 bits per heavy atom. The van der Waals surface area contributed by atoms with Crippen LogP contribution in [0.3, 0.4) is 0 Å². The highest BCUT2D eigenvalue weighted by molar-refractivity contribution is 7.89. The van der Waals surface area contributed by atoms with Crippen LogP contribution in [0.1, 0.15) is 41.3 Å². The Kier molecular flexibility index (Phi) is 10.9. The molecule has 0 radical (unpaired) electrons. The van der Waals surface area contributed by atoms with Crippen molar-refractivity contribution in [2.75, 3.05) is 19.7 Å². The van der Waals surface area contributed by atoms with E-state index in [9.17, 15) is 18.0 Å². The maximum Gasteiger partial charge on any atom is 0.303 e. The van der Waals surface area contributed by atoms with Crippen molar-refractivity contribution < 1.29 is 27.9 Å². The highest BCUT2D eigenvalue weighted by atomic mass is 35.5. The molecule has 0 unspecified atom stereocenters. The molecule has 0 saturated heterocycles. The van der Waals surface area contributed by atoms with Gasteiger partial charge in [0.05, 0.1) is 14.8 Å². The van der Waals surface area contributed by atoms with Crippen molar-refractivity contribution >= 4 is 67.2 Å². The lowest BCUT2D eigenvalue weighted by Gasteiger charge is -2.22. The third kappa shape index (κ3) is 8.02. The van der Waals surface area contributed by atoms with Gasteiger partial charge in [0.1, 0.15) is 16.7 Å². The zero-order valence-corrected chi connectivity index (χ0v) is 26.0. The second-order valence-corrected chi connectivity index (χ2v) is 13.7. The van der Waals surface area contributed by atoms with E-state index in [1.54, 1.807) is 36.4 Å². The first-order chi connectivity index (χ1) is 20.1. The molecule has 2 N–H and O–H groups in total. The van der Waals surface area contributed by atoms with Crippen molar-refractivity contribution in [2.45, 2.75) is 37.6 Å². The molecule has 3 aromatic carbocycles. The number of thiophene rings is 1. The molecule has 42 heavy (non-hydrogen) atoms. The minimum Gasteiger partial charge on any atom is -0.492 e. The fraction of sp³-hybridized carbons (Fsp3) is 0.267. The number of ether oxygens (including phenoxy) is 1. The quantitative estimate of drug-likeness (QED) is 0.159. The van der Waals surface area contributed by atoms with Crippen LogP contribution in [0.4, 0.5) is 0 Å². The minimum atomic E-state index is -3.75. The predicted octanol–water partition coefficient (Wildman–Crippen LogP) is 6.64. The normalized spacial score (nSPS) is 11.6. The lowest BCUT2D eigenvalue weighted by atomic mass is 10.0. The first kappa shape index (κ1) is 31.8. The van der Waals surface area contributed by atoms with Crippen molar-refractivity contribution in [2.24, 2.45) is 0 Å². The Hall–Kier alpha value is -3.15. The molecule has 0 aliphatic rings. The molecule has 0 atom stereocenters. The number of carboxylic acid groups (broad SMARTS) is 1. The number of halogens is 2. The molecule has 1 amide bonds. The monoisotopic (exact) mass is 648 g/mol. The number of carbonyl (C=O) groups is 2. The number of hydrogen-bond donors (Lipinski definition) is 2. The van der Waals surface area contributed by atoms with Crippen LogP contribution in [0.2, 0.25) is 8.67 Å². The highest BCUT2D eigenvalue weighted by Crippen LogP contribution is 2.31. The van der Waals surface area contributed by atoms with Gasteiger partial charge < -0.3 is 15.2 Å². The summed E-state index contributed by atoms with van der Waals surface area (Å²) in [7, 11) is -3.75. The van der Waals surface area contributed by atoms with Crippen molar-refractivity contribution in [3.8, 4) is 5.75 Å². The molecule has 0 aliphatic carbocycles. The van der Waals surface area contributed by atoms with Gasteiger partial charge in [-0.05, 0) is 65.1 Å². The molecule has 222 valence electrons. The van der Waals surface area contributed by atoms with Gasteiger partial charge >= 0.3 is 5.97 Å². The summed E-state index contributed by atoms with van der Waals surface area (Å²) in [5, 5.41) is 13.8. The highest BCUT2D eigenvalue weighted by Gasteiger charge is 2.24. The van der Waals surface area contributed by atoms with Crippen LogP contribution in [0.5, 0.6) is 5.75 Å². The van der Waals surface area contributed by atoms with Gasteiger partial charge in [0.25, 0.3) is 5.91 Å². The molecule has 4 aromatic rings. The van der Waals surface area contributed by atoms with E-state index in [1.165, 1.54) is 10.4 Å². The SMILES string of the molecule is CCCN(CCOc1ccc(CCC(=O)O)c(CNC(=O)c2cc(Cl)sc2Cl)c1)S(=O)(=O)c1ccc2ccccc2c1. The second-order valence-electron chi connectivity index (χ2n) is 9.51. The fourth-order valence-electron chi connectivity index (χ4n) is 4.45. The molecular formula is C30H30Cl2N2O6S2. The summed E-state index contributed by atoms with van der Waals surface area (Å²) < 4.78 is 35.0. The summed E-state index contributed by atoms with van der Waals surface area (Å²) in [5.41, 5.74) is 1.68. The Morgan fingerprint density at radius 1 is 0.976 bits per heavy atom. The first-order valence-electron chi connectivity index (χ1n) is 13.3. The number of aryl methyl sites for hydroxylation is 1. The van der Waals surface area contributed by atoms with Crippen molar-refractivity contribution in [1.82, 2.24) is 9.62 Å². The summed E-state index contributed by atoms with van der Waals surface area (Å²) in [6, 6.07) is 19.4. The molecule has 1 aromatic heterocycles. The van der Waals surface area contributed by atoms with E-state index in [0.717, 1.165) is 27.7 Å². The number of carbonyl (C=O) groups excluding carboxylic acids is 1. The summed E-state index contributed by atoms with van der Waals surface area (Å²) in [5.74, 6) is -0.879. The zero-order chi connectivity index (χ0) is 30.3. The molecule has 12 heteroatoms. The largest absolute Gasteiger partial charge is 0.492 e. The number of amides is 1. The average molecular weight is 650 g/mol. The van der Waals surface area contributed by atoms with Gasteiger partial charge in [-0.1, -0.05) is 66.5 Å². The molecule has 8 nitrogen and oxygen atoms in total. The number of nitrogens with one attached hydrogen (secondary N) is 1. The number of aliphatic carboxylic acids is 1. The topological polar surface area (TPSA) is 113 Å². The van der Waals surface area contributed by atoms with E-state index >= 15 is 0 Å². The van der Waals surface area contributed by atoms with Crippen molar-refractivity contribution in [3.05, 3.63) is 92.1 Å². The maximum absolute atomic E-state index is 13.5. The zero-order valence-electron chi connectivity index (χ0n) is 22.8. The van der Waals surface area contributed by atoms with Crippen molar-refractivity contribution in [1.29, 1.82) is 0 Å². The van der Waals surface area contributed by atoms with Gasteiger partial charge in [-0.2, -0.15) is 4.31 Å². The number of hydrogen-bond acceptors (Lipinski definition) is 6. The minimum absolute atomic E-state index is 0.0777. The smallest absolute Gasteiger partial charge is 0.303 e. The third-order valence-corrected chi connectivity index (χ3v) is 9.95. The van der Waals surface area contributed by atoms with Crippen LogP contribution in [0.15, 0.2) is 71.6 Å². The van der Waals surface area contributed by atoms with E-state index in [0.29, 0.717) is 28.6 Å². The van der Waals surface area contributed by atoms with Gasteiger partial charge in [0, 0.05) is 26.1 Å².